The maximum Gasteiger partial charge on any atom is 0.330 e. The van der Waals surface area contributed by atoms with Crippen LogP contribution in [0.4, 0.5) is 0 Å². The summed E-state index contributed by atoms with van der Waals surface area (Å²) in [5.74, 6) is -5.18. The van der Waals surface area contributed by atoms with Crippen LogP contribution in [0.1, 0.15) is 96.3 Å². The van der Waals surface area contributed by atoms with E-state index >= 15 is 0 Å². The monoisotopic (exact) mass is 1620 g/mol. The molecule has 0 aromatic rings. The van der Waals surface area contributed by atoms with E-state index in [0.29, 0.717) is 19.3 Å². The van der Waals surface area contributed by atoms with Gasteiger partial charge in [0, 0.05) is 37.0 Å². The smallest absolute Gasteiger partial charge is 0.330 e. The van der Waals surface area contributed by atoms with E-state index in [1.807, 2.05) is 0 Å². The van der Waals surface area contributed by atoms with Crippen molar-refractivity contribution in [1.29, 1.82) is 0 Å². The fourth-order valence-corrected chi connectivity index (χ4v) is 17.0. The molecule has 6 heterocycles. The predicted octanol–water partition coefficient (Wildman–Crippen LogP) is -9.83. The zero-order chi connectivity index (χ0) is 80.8. The van der Waals surface area contributed by atoms with Crippen LogP contribution in [0.3, 0.4) is 0 Å². The zero-order valence-electron chi connectivity index (χ0n) is 61.2. The first-order chi connectivity index (χ1) is 53.3. The molecule has 43 atom stereocenters. The van der Waals surface area contributed by atoms with E-state index in [9.17, 15) is 132 Å². The van der Waals surface area contributed by atoms with Crippen LogP contribution in [0.25, 0.3) is 0 Å². The highest BCUT2D eigenvalue weighted by molar-refractivity contribution is 5.82. The van der Waals surface area contributed by atoms with Crippen molar-refractivity contribution in [1.82, 2.24) is 0 Å². The molecule has 11 rings (SSSR count). The molecule has 640 valence electrons. The van der Waals surface area contributed by atoms with Crippen LogP contribution >= 0.6 is 0 Å². The molecular weight excluding hydrogens is 1500 g/mol. The van der Waals surface area contributed by atoms with E-state index < -0.39 is 302 Å². The van der Waals surface area contributed by atoms with Crippen LogP contribution in [0.5, 0.6) is 0 Å². The fraction of sp³-hybridized carbons (Fsp3) is 0.875. The number of aliphatic hydroxyl groups excluding tert-OH is 23. The number of carbonyl (C=O) groups excluding carboxylic acids is 3. The lowest BCUT2D eigenvalue weighted by Crippen LogP contribution is -2.63. The van der Waals surface area contributed by atoms with Gasteiger partial charge in [0.05, 0.1) is 92.6 Å². The van der Waals surface area contributed by atoms with Crippen molar-refractivity contribution in [2.45, 2.75) is 329 Å². The number of ether oxygens (including phenoxy) is 14. The van der Waals surface area contributed by atoms with Crippen molar-refractivity contribution in [3.05, 3.63) is 36.5 Å². The lowest BCUT2D eigenvalue weighted by atomic mass is 9.72. The summed E-state index contributed by atoms with van der Waals surface area (Å²) in [4.78, 5) is 38.8. The Kier molecular flexibility index (Phi) is 31.7. The highest BCUT2D eigenvalue weighted by Gasteiger charge is 2.56. The molecule has 0 bridgehead atoms. The van der Waals surface area contributed by atoms with Gasteiger partial charge < -0.3 is 184 Å². The molecule has 0 aromatic heterocycles. The molecule has 5 saturated carbocycles. The van der Waals surface area contributed by atoms with Crippen LogP contribution < -0.4 is 0 Å². The van der Waals surface area contributed by atoms with E-state index in [1.165, 1.54) is 18.2 Å². The van der Waals surface area contributed by atoms with Crippen molar-refractivity contribution < 1.29 is 198 Å². The number of fused-ring (bicyclic) bond motifs is 1. The van der Waals surface area contributed by atoms with E-state index in [0.717, 1.165) is 18.2 Å². The minimum atomic E-state index is -1.96. The molecule has 11 aliphatic rings. The molecule has 0 spiro atoms. The van der Waals surface area contributed by atoms with E-state index in [2.05, 4.69) is 0 Å². The Balaban J connectivity index is 0.650. The van der Waals surface area contributed by atoms with E-state index in [4.69, 9.17) is 66.3 Å². The van der Waals surface area contributed by atoms with Gasteiger partial charge in [0.1, 0.15) is 142 Å². The predicted molar refractivity (Wildman–Crippen MR) is 364 cm³/mol. The van der Waals surface area contributed by atoms with E-state index in [-0.39, 0.29) is 88.9 Å². The number of esters is 3. The highest BCUT2D eigenvalue weighted by Crippen LogP contribution is 2.46. The number of hydrogen-bond donors (Lipinski definition) is 23. The average molecular weight is 1620 g/mol. The zero-order valence-corrected chi connectivity index (χ0v) is 61.2. The van der Waals surface area contributed by atoms with Gasteiger partial charge in [0.25, 0.3) is 0 Å². The number of allylic oxidation sites excluding steroid dienone is 3. The number of aliphatic hydroxyl groups is 23. The van der Waals surface area contributed by atoms with Crippen molar-refractivity contribution in [2.24, 2.45) is 29.6 Å². The molecule has 43 unspecified atom stereocenters. The molecule has 6 aliphatic heterocycles. The summed E-state index contributed by atoms with van der Waals surface area (Å²) < 4.78 is 81.9. The van der Waals surface area contributed by atoms with Gasteiger partial charge in [-0.15, -0.1) is 0 Å². The van der Waals surface area contributed by atoms with Crippen molar-refractivity contribution in [3.63, 3.8) is 0 Å². The van der Waals surface area contributed by atoms with Crippen LogP contribution in [0.15, 0.2) is 36.5 Å². The molecular formula is C72H112O40. The second-order valence-corrected chi connectivity index (χ2v) is 31.6. The molecule has 11 fully saturated rings. The summed E-state index contributed by atoms with van der Waals surface area (Å²) in [5.41, 5.74) is 0. The third-order valence-electron chi connectivity index (χ3n) is 23.8. The van der Waals surface area contributed by atoms with E-state index in [1.54, 1.807) is 0 Å². The Morgan fingerprint density at radius 3 is 1.04 bits per heavy atom. The molecule has 0 amide bonds. The quantitative estimate of drug-likeness (QED) is 0.0229. The Morgan fingerprint density at radius 1 is 0.295 bits per heavy atom. The first-order valence-electron chi connectivity index (χ1n) is 38.6. The van der Waals surface area contributed by atoms with Crippen LogP contribution in [-0.2, 0) is 80.7 Å². The standard InChI is InChI=1S/C72H112O40/c73-22-44-52(84)57(89)63(95)69(108-44)104-39-10-2-28(16-37(39)79)5-13-50(82)100-25-47-55(87)60(92)65(97)70(111-47)105-40-11-3-29(17-38(40)80)6-14-51(83)101-26-48-56(88)61(93)66(98)71(112-48)106-42-18-30(7-9-34(42)76)67-43(107-72-64(96)58(90)53(85)45(23-74)109-72)21-32-35(77)19-31(20-41(32)103-67)102-68-62(94)59(91)54(86)46(110-68)24-99-49(81)12-4-27-1-8-33(75)36(78)15-27/h4-6,12-14,27-48,52-80,84-98H,1-3,7-11,15-26H2. The van der Waals surface area contributed by atoms with Crippen LogP contribution in [0, 0.1) is 29.6 Å². The molecule has 40 heteroatoms. The summed E-state index contributed by atoms with van der Waals surface area (Å²) in [7, 11) is 0. The molecule has 0 aromatic carbocycles. The first-order valence-corrected chi connectivity index (χ1v) is 38.6. The summed E-state index contributed by atoms with van der Waals surface area (Å²) in [5, 5.41) is 247. The van der Waals surface area contributed by atoms with Crippen molar-refractivity contribution in [3.8, 4) is 0 Å². The SMILES string of the molecule is O=C(C=CC1CCC(O)C(O)C1)OCC1OC(OC2CC(O)C3CC(OC4OC(CO)C(O)C(O)C4O)C(C4CCC(O)C(OC5OC(COC(=O)C=CC6CCC(OC7OC(COC(=O)C=CC8CCC(OC9OC(CO)C(O)C(O)C9O)C(O)C8)C(O)C(O)C7O)C(O)C6)C(O)C(O)C5O)C4)OC3C2)C(O)C(O)C1O. The molecule has 112 heavy (non-hydrogen) atoms. The Labute approximate surface area is 642 Å². The van der Waals surface area contributed by atoms with Gasteiger partial charge in [-0.3, -0.25) is 0 Å². The van der Waals surface area contributed by atoms with Crippen LogP contribution in [-0.4, -0.2) is 401 Å². The lowest BCUT2D eigenvalue weighted by molar-refractivity contribution is -0.341. The molecule has 0 radical (unpaired) electrons. The molecule has 5 aliphatic carbocycles. The third kappa shape index (κ3) is 21.5. The topological polar surface area (TPSA) is 646 Å². The molecule has 40 nitrogen and oxygen atoms in total. The summed E-state index contributed by atoms with van der Waals surface area (Å²) >= 11 is 0. The second kappa shape index (κ2) is 39.9. The minimum absolute atomic E-state index is 0.00118. The Bertz CT molecular complexity index is 3060. The molecule has 23 N–H and O–H groups in total. The first kappa shape index (κ1) is 89.1. The highest BCUT2D eigenvalue weighted by atomic mass is 16.8. The van der Waals surface area contributed by atoms with Gasteiger partial charge in [0.15, 0.2) is 31.5 Å². The van der Waals surface area contributed by atoms with Gasteiger partial charge in [-0.1, -0.05) is 18.2 Å². The summed E-state index contributed by atoms with van der Waals surface area (Å²) in [6.45, 7) is -3.40. The normalized spacial score (nSPS) is 49.3. The van der Waals surface area contributed by atoms with Gasteiger partial charge in [-0.25, -0.2) is 14.4 Å². The van der Waals surface area contributed by atoms with Gasteiger partial charge in [-0.2, -0.15) is 0 Å². The number of hydrogen-bond acceptors (Lipinski definition) is 40. The second-order valence-electron chi connectivity index (χ2n) is 31.6. The van der Waals surface area contributed by atoms with Crippen molar-refractivity contribution in [2.75, 3.05) is 33.0 Å². The number of rotatable bonds is 25. The third-order valence-corrected chi connectivity index (χ3v) is 23.8. The summed E-state index contributed by atoms with van der Waals surface area (Å²) in [6.07, 6.45) is -46.4. The van der Waals surface area contributed by atoms with Crippen molar-refractivity contribution >= 4 is 17.9 Å². The van der Waals surface area contributed by atoms with Gasteiger partial charge in [0.2, 0.25) is 0 Å². The largest absolute Gasteiger partial charge is 0.460 e. The maximum atomic E-state index is 13.2. The Morgan fingerprint density at radius 2 is 0.643 bits per heavy atom. The summed E-state index contributed by atoms with van der Waals surface area (Å²) in [6, 6.07) is 0. The fourth-order valence-electron chi connectivity index (χ4n) is 17.0. The minimum Gasteiger partial charge on any atom is -0.460 e. The van der Waals surface area contributed by atoms with Gasteiger partial charge >= 0.3 is 17.9 Å². The van der Waals surface area contributed by atoms with Crippen LogP contribution in [0.2, 0.25) is 0 Å². The average Bonchev–Trinajstić information content (AvgIpc) is 0.764. The number of carbonyl (C=O) groups is 3. The van der Waals surface area contributed by atoms with Gasteiger partial charge in [-0.05, 0) is 107 Å². The lowest BCUT2D eigenvalue weighted by Gasteiger charge is -2.52. The Hall–Kier alpha value is -3.73. The molecule has 6 saturated heterocycles. The maximum absolute atomic E-state index is 13.2.